The lowest BCUT2D eigenvalue weighted by atomic mass is 10.1. The zero-order valence-corrected chi connectivity index (χ0v) is 16.2. The summed E-state index contributed by atoms with van der Waals surface area (Å²) < 4.78 is 2.25. The average molecular weight is 358 g/mol. The van der Waals surface area contributed by atoms with Gasteiger partial charge in [-0.1, -0.05) is 43.0 Å². The lowest BCUT2D eigenvalue weighted by Crippen LogP contribution is -2.05. The van der Waals surface area contributed by atoms with E-state index in [9.17, 15) is 0 Å². The van der Waals surface area contributed by atoms with Gasteiger partial charge in [0.1, 0.15) is 0 Å². The molecule has 0 aliphatic rings. The highest BCUT2D eigenvalue weighted by atomic mass is 32.2. The molecule has 0 bridgehead atoms. The molecule has 2 aromatic heterocycles. The Bertz CT molecular complexity index is 818. The van der Waals surface area contributed by atoms with Crippen LogP contribution in [0.15, 0.2) is 40.9 Å². The minimum atomic E-state index is 0.333. The predicted octanol–water partition coefficient (Wildman–Crippen LogP) is 5.75. The second kappa shape index (κ2) is 7.53. The minimum absolute atomic E-state index is 0.333. The van der Waals surface area contributed by atoms with Gasteiger partial charge in [0.05, 0.1) is 0 Å². The highest BCUT2D eigenvalue weighted by Gasteiger charge is 2.18. The molecule has 0 unspecified atom stereocenters. The fourth-order valence-electron chi connectivity index (χ4n) is 2.64. The van der Waals surface area contributed by atoms with Gasteiger partial charge < -0.3 is 0 Å². The van der Waals surface area contributed by atoms with E-state index < -0.39 is 0 Å². The molecule has 5 heteroatoms. The van der Waals surface area contributed by atoms with Crippen molar-refractivity contribution in [2.75, 3.05) is 0 Å². The molecule has 126 valence electrons. The summed E-state index contributed by atoms with van der Waals surface area (Å²) in [7, 11) is 0. The Morgan fingerprint density at radius 2 is 2.00 bits per heavy atom. The first-order valence-electron chi connectivity index (χ1n) is 8.30. The third-order valence-corrected chi connectivity index (χ3v) is 6.13. The van der Waals surface area contributed by atoms with Gasteiger partial charge in [0.2, 0.25) is 0 Å². The third kappa shape index (κ3) is 3.57. The van der Waals surface area contributed by atoms with Crippen LogP contribution in [-0.2, 0) is 12.2 Å². The van der Waals surface area contributed by atoms with Crippen molar-refractivity contribution in [3.63, 3.8) is 0 Å². The average Bonchev–Trinajstić information content (AvgIpc) is 3.20. The summed E-state index contributed by atoms with van der Waals surface area (Å²) in [6.45, 7) is 8.73. The predicted molar refractivity (Wildman–Crippen MR) is 104 cm³/mol. The Labute approximate surface area is 152 Å². The van der Waals surface area contributed by atoms with Crippen LogP contribution in [0.1, 0.15) is 42.8 Å². The SMILES string of the molecule is CCc1cc(-c2nnc(SCc3ccccc3C)n2C(C)C)cs1. The van der Waals surface area contributed by atoms with Gasteiger partial charge in [0.15, 0.2) is 11.0 Å². The van der Waals surface area contributed by atoms with Crippen LogP contribution in [0.4, 0.5) is 0 Å². The van der Waals surface area contributed by atoms with E-state index in [0.29, 0.717) is 6.04 Å². The lowest BCUT2D eigenvalue weighted by Gasteiger charge is -2.13. The van der Waals surface area contributed by atoms with E-state index in [1.807, 2.05) is 0 Å². The second-order valence-corrected chi connectivity index (χ2v) is 8.08. The van der Waals surface area contributed by atoms with Crippen LogP contribution in [0.5, 0.6) is 0 Å². The highest BCUT2D eigenvalue weighted by Crippen LogP contribution is 2.32. The lowest BCUT2D eigenvalue weighted by molar-refractivity contribution is 0.555. The summed E-state index contributed by atoms with van der Waals surface area (Å²) in [6.07, 6.45) is 1.06. The fraction of sp³-hybridized carbons (Fsp3) is 0.368. The monoisotopic (exact) mass is 357 g/mol. The molecule has 0 aliphatic heterocycles. The minimum Gasteiger partial charge on any atom is -0.299 e. The van der Waals surface area contributed by atoms with Crippen LogP contribution in [0.2, 0.25) is 0 Å². The summed E-state index contributed by atoms with van der Waals surface area (Å²) >= 11 is 3.56. The molecule has 24 heavy (non-hydrogen) atoms. The molecule has 0 amide bonds. The molecular weight excluding hydrogens is 334 g/mol. The number of rotatable bonds is 6. The molecule has 0 fully saturated rings. The Kier molecular flexibility index (Phi) is 5.41. The van der Waals surface area contributed by atoms with E-state index >= 15 is 0 Å². The number of hydrogen-bond acceptors (Lipinski definition) is 4. The maximum Gasteiger partial charge on any atom is 0.192 e. The number of aryl methyl sites for hydroxylation is 2. The van der Waals surface area contributed by atoms with Crippen LogP contribution < -0.4 is 0 Å². The molecule has 0 N–H and O–H groups in total. The van der Waals surface area contributed by atoms with Crippen molar-refractivity contribution in [1.82, 2.24) is 14.8 Å². The van der Waals surface area contributed by atoms with Crippen molar-refractivity contribution in [2.24, 2.45) is 0 Å². The fourth-order valence-corrected chi connectivity index (χ4v) is 4.59. The smallest absolute Gasteiger partial charge is 0.192 e. The Balaban J connectivity index is 1.87. The Morgan fingerprint density at radius 1 is 1.21 bits per heavy atom. The van der Waals surface area contributed by atoms with Crippen LogP contribution in [0.3, 0.4) is 0 Å². The number of hydrogen-bond donors (Lipinski definition) is 0. The van der Waals surface area contributed by atoms with E-state index in [1.54, 1.807) is 23.1 Å². The zero-order chi connectivity index (χ0) is 17.1. The normalized spacial score (nSPS) is 11.4. The summed E-state index contributed by atoms with van der Waals surface area (Å²) in [6, 6.07) is 11.1. The number of thioether (sulfide) groups is 1. The number of aromatic nitrogens is 3. The molecule has 3 rings (SSSR count). The summed E-state index contributed by atoms with van der Waals surface area (Å²) in [4.78, 5) is 1.39. The van der Waals surface area contributed by atoms with Crippen LogP contribution in [-0.4, -0.2) is 14.8 Å². The molecule has 0 saturated heterocycles. The van der Waals surface area contributed by atoms with E-state index in [0.717, 1.165) is 23.2 Å². The van der Waals surface area contributed by atoms with Gasteiger partial charge in [-0.15, -0.1) is 21.5 Å². The van der Waals surface area contributed by atoms with Crippen molar-refractivity contribution in [1.29, 1.82) is 0 Å². The van der Waals surface area contributed by atoms with E-state index in [-0.39, 0.29) is 0 Å². The van der Waals surface area contributed by atoms with Crippen molar-refractivity contribution in [3.05, 3.63) is 51.7 Å². The first-order chi connectivity index (χ1) is 11.6. The molecule has 0 spiro atoms. The molecule has 0 saturated carbocycles. The first-order valence-corrected chi connectivity index (χ1v) is 10.2. The second-order valence-electron chi connectivity index (χ2n) is 6.14. The standard InChI is InChI=1S/C19H23N3S2/c1-5-17-10-16(12-23-17)18-20-21-19(22(18)13(2)3)24-11-15-9-7-6-8-14(15)4/h6-10,12-13H,5,11H2,1-4H3. The van der Waals surface area contributed by atoms with Crippen molar-refractivity contribution < 1.29 is 0 Å². The molecule has 0 atom stereocenters. The number of benzene rings is 1. The van der Waals surface area contributed by atoms with Crippen molar-refractivity contribution >= 4 is 23.1 Å². The van der Waals surface area contributed by atoms with Gasteiger partial charge >= 0.3 is 0 Å². The topological polar surface area (TPSA) is 30.7 Å². The molecule has 1 aromatic carbocycles. The van der Waals surface area contributed by atoms with E-state index in [4.69, 9.17) is 0 Å². The van der Waals surface area contributed by atoms with E-state index in [2.05, 4.69) is 78.2 Å². The third-order valence-electron chi connectivity index (χ3n) is 4.06. The van der Waals surface area contributed by atoms with Gasteiger partial charge in [0.25, 0.3) is 0 Å². The van der Waals surface area contributed by atoms with Crippen LogP contribution in [0.25, 0.3) is 11.4 Å². The largest absolute Gasteiger partial charge is 0.299 e. The van der Waals surface area contributed by atoms with Crippen molar-refractivity contribution in [3.8, 4) is 11.4 Å². The number of thiophene rings is 1. The van der Waals surface area contributed by atoms with Crippen LogP contribution >= 0.6 is 23.1 Å². The molecule has 0 aliphatic carbocycles. The Hall–Kier alpha value is -1.59. The number of nitrogens with zero attached hydrogens (tertiary/aromatic N) is 3. The Morgan fingerprint density at radius 3 is 2.67 bits per heavy atom. The molecule has 0 radical (unpaired) electrons. The summed E-state index contributed by atoms with van der Waals surface area (Å²) in [5, 5.41) is 12.1. The van der Waals surface area contributed by atoms with Gasteiger partial charge in [-0.3, -0.25) is 4.57 Å². The maximum absolute atomic E-state index is 4.49. The van der Waals surface area contributed by atoms with Gasteiger partial charge in [-0.25, -0.2) is 0 Å². The van der Waals surface area contributed by atoms with Crippen LogP contribution in [0, 0.1) is 6.92 Å². The molecule has 3 nitrogen and oxygen atoms in total. The van der Waals surface area contributed by atoms with Gasteiger partial charge in [0, 0.05) is 27.6 Å². The van der Waals surface area contributed by atoms with Gasteiger partial charge in [-0.2, -0.15) is 0 Å². The summed E-state index contributed by atoms with van der Waals surface area (Å²) in [5.41, 5.74) is 3.86. The zero-order valence-electron chi connectivity index (χ0n) is 14.6. The van der Waals surface area contributed by atoms with Gasteiger partial charge in [-0.05, 0) is 44.4 Å². The quantitative estimate of drug-likeness (QED) is 0.526. The molecule has 2 heterocycles. The maximum atomic E-state index is 4.49. The summed E-state index contributed by atoms with van der Waals surface area (Å²) in [5.74, 6) is 1.90. The van der Waals surface area contributed by atoms with Crippen molar-refractivity contribution in [2.45, 2.75) is 51.1 Å². The molecular formula is C19H23N3S2. The first kappa shape index (κ1) is 17.2. The highest BCUT2D eigenvalue weighted by molar-refractivity contribution is 7.98. The van der Waals surface area contributed by atoms with E-state index in [1.165, 1.54) is 21.6 Å². The molecule has 3 aromatic rings.